The van der Waals surface area contributed by atoms with Gasteiger partial charge in [0, 0.05) is 18.2 Å². The summed E-state index contributed by atoms with van der Waals surface area (Å²) in [6.07, 6.45) is 1.84. The zero-order valence-corrected chi connectivity index (χ0v) is 7.06. The summed E-state index contributed by atoms with van der Waals surface area (Å²) in [5.74, 6) is 0. The van der Waals surface area contributed by atoms with E-state index in [-0.39, 0.29) is 16.7 Å². The number of nitro groups is 1. The van der Waals surface area contributed by atoms with E-state index >= 15 is 0 Å². The third kappa shape index (κ3) is 1.29. The van der Waals surface area contributed by atoms with Crippen molar-refractivity contribution in [1.29, 1.82) is 0 Å². The fraction of sp³-hybridized carbons (Fsp3) is 0.333. The summed E-state index contributed by atoms with van der Waals surface area (Å²) in [6.45, 7) is 0. The van der Waals surface area contributed by atoms with Crippen LogP contribution in [0.25, 0.3) is 0 Å². The van der Waals surface area contributed by atoms with Crippen molar-refractivity contribution in [2.45, 2.75) is 18.9 Å². The molecule has 0 aliphatic heterocycles. The molecule has 1 aromatic rings. The molecule has 0 aromatic heterocycles. The number of rotatable bonds is 1. The van der Waals surface area contributed by atoms with Gasteiger partial charge in [-0.3, -0.25) is 10.1 Å². The van der Waals surface area contributed by atoms with Crippen molar-refractivity contribution in [3.63, 3.8) is 0 Å². The van der Waals surface area contributed by atoms with Crippen LogP contribution in [0.4, 0.5) is 5.69 Å². The van der Waals surface area contributed by atoms with Gasteiger partial charge in [0.15, 0.2) is 0 Å². The van der Waals surface area contributed by atoms with Gasteiger partial charge >= 0.3 is 0 Å². The smallest absolute Gasteiger partial charge is 0.269 e. The van der Waals surface area contributed by atoms with Gasteiger partial charge in [-0.25, -0.2) is 0 Å². The second kappa shape index (κ2) is 2.81. The highest BCUT2D eigenvalue weighted by molar-refractivity contribution is 5.43. The third-order valence-electron chi connectivity index (χ3n) is 2.46. The maximum Gasteiger partial charge on any atom is 0.269 e. The first-order valence-electron chi connectivity index (χ1n) is 4.21. The van der Waals surface area contributed by atoms with Crippen molar-refractivity contribution in [1.82, 2.24) is 0 Å². The Balaban J connectivity index is 2.47. The lowest BCUT2D eigenvalue weighted by molar-refractivity contribution is -0.384. The summed E-state index contributed by atoms with van der Waals surface area (Å²) >= 11 is 0. The Bertz CT molecular complexity index is 363. The highest BCUT2D eigenvalue weighted by Crippen LogP contribution is 2.31. The molecule has 4 heteroatoms. The van der Waals surface area contributed by atoms with Crippen LogP contribution in [-0.2, 0) is 6.42 Å². The second-order valence-corrected chi connectivity index (χ2v) is 3.29. The van der Waals surface area contributed by atoms with Crippen molar-refractivity contribution in [3.05, 3.63) is 39.4 Å². The number of fused-ring (bicyclic) bond motifs is 1. The predicted octanol–water partition coefficient (Wildman–Crippen LogP) is 1.54. The standard InChI is InChI=1S/C9H10N2O2/c10-9-4-2-6-1-3-7(11(12)13)5-8(6)9/h1,3,5,9H,2,4,10H2/t9-/m0/s1. The summed E-state index contributed by atoms with van der Waals surface area (Å²) in [4.78, 5) is 10.1. The molecule has 1 aliphatic carbocycles. The van der Waals surface area contributed by atoms with Gasteiger partial charge in [0.05, 0.1) is 4.92 Å². The quantitative estimate of drug-likeness (QED) is 0.523. The van der Waals surface area contributed by atoms with Crippen LogP contribution < -0.4 is 5.73 Å². The number of aryl methyl sites for hydroxylation is 1. The van der Waals surface area contributed by atoms with Crippen LogP contribution in [0.3, 0.4) is 0 Å². The van der Waals surface area contributed by atoms with Crippen LogP contribution in [0.2, 0.25) is 0 Å². The number of nitro benzene ring substituents is 1. The van der Waals surface area contributed by atoms with Crippen LogP contribution in [0.5, 0.6) is 0 Å². The van der Waals surface area contributed by atoms with Crippen molar-refractivity contribution >= 4 is 5.69 Å². The molecule has 1 aromatic carbocycles. The molecule has 0 fully saturated rings. The number of non-ortho nitro benzene ring substituents is 1. The summed E-state index contributed by atoms with van der Waals surface area (Å²) in [5, 5.41) is 10.5. The Morgan fingerprint density at radius 3 is 3.00 bits per heavy atom. The monoisotopic (exact) mass is 178 g/mol. The van der Waals surface area contributed by atoms with E-state index in [0.717, 1.165) is 24.0 Å². The average Bonchev–Trinajstić information content (AvgIpc) is 2.47. The minimum absolute atomic E-state index is 0.0186. The SMILES string of the molecule is N[C@H]1CCc2ccc([N+](=O)[O-])cc21. The Kier molecular flexibility index (Phi) is 1.77. The molecule has 13 heavy (non-hydrogen) atoms. The molecule has 4 nitrogen and oxygen atoms in total. The average molecular weight is 178 g/mol. The lowest BCUT2D eigenvalue weighted by Gasteiger charge is -2.03. The van der Waals surface area contributed by atoms with Gasteiger partial charge in [-0.2, -0.15) is 0 Å². The van der Waals surface area contributed by atoms with E-state index < -0.39 is 0 Å². The molecule has 0 unspecified atom stereocenters. The molecule has 0 heterocycles. The fourth-order valence-electron chi connectivity index (χ4n) is 1.74. The summed E-state index contributed by atoms with van der Waals surface area (Å²) in [5.41, 5.74) is 8.02. The fourth-order valence-corrected chi connectivity index (χ4v) is 1.74. The first kappa shape index (κ1) is 8.19. The van der Waals surface area contributed by atoms with Gasteiger partial charge in [-0.1, -0.05) is 6.07 Å². The van der Waals surface area contributed by atoms with E-state index in [1.54, 1.807) is 12.1 Å². The Hall–Kier alpha value is -1.42. The molecule has 0 bridgehead atoms. The van der Waals surface area contributed by atoms with Crippen molar-refractivity contribution in [2.24, 2.45) is 5.73 Å². The zero-order valence-electron chi connectivity index (χ0n) is 7.06. The van der Waals surface area contributed by atoms with Gasteiger partial charge in [0.1, 0.15) is 0 Å². The lowest BCUT2D eigenvalue weighted by Crippen LogP contribution is -2.05. The van der Waals surface area contributed by atoms with Gasteiger partial charge in [0.2, 0.25) is 0 Å². The Morgan fingerprint density at radius 2 is 2.31 bits per heavy atom. The molecular weight excluding hydrogens is 168 g/mol. The summed E-state index contributed by atoms with van der Waals surface area (Å²) in [6, 6.07) is 4.92. The molecule has 2 rings (SSSR count). The molecular formula is C9H10N2O2. The molecule has 68 valence electrons. The van der Waals surface area contributed by atoms with Crippen molar-refractivity contribution < 1.29 is 4.92 Å². The minimum Gasteiger partial charge on any atom is -0.324 e. The maximum absolute atomic E-state index is 10.5. The molecule has 2 N–H and O–H groups in total. The van der Waals surface area contributed by atoms with Gasteiger partial charge in [-0.05, 0) is 24.0 Å². The Morgan fingerprint density at radius 1 is 1.54 bits per heavy atom. The molecule has 0 saturated carbocycles. The first-order chi connectivity index (χ1) is 6.18. The number of hydrogen-bond donors (Lipinski definition) is 1. The largest absolute Gasteiger partial charge is 0.324 e. The highest BCUT2D eigenvalue weighted by Gasteiger charge is 2.21. The van der Waals surface area contributed by atoms with Crippen LogP contribution >= 0.6 is 0 Å². The maximum atomic E-state index is 10.5. The molecule has 0 spiro atoms. The lowest BCUT2D eigenvalue weighted by atomic mass is 10.1. The van der Waals surface area contributed by atoms with E-state index in [1.165, 1.54) is 6.07 Å². The van der Waals surface area contributed by atoms with Crippen LogP contribution in [0.15, 0.2) is 18.2 Å². The van der Waals surface area contributed by atoms with E-state index in [1.807, 2.05) is 0 Å². The summed E-state index contributed by atoms with van der Waals surface area (Å²) < 4.78 is 0. The number of nitrogens with two attached hydrogens (primary N) is 1. The number of benzene rings is 1. The summed E-state index contributed by atoms with van der Waals surface area (Å²) in [7, 11) is 0. The molecule has 1 atom stereocenters. The minimum atomic E-state index is -0.384. The predicted molar refractivity (Wildman–Crippen MR) is 48.3 cm³/mol. The normalized spacial score (nSPS) is 19.9. The number of nitrogens with zero attached hydrogens (tertiary/aromatic N) is 1. The zero-order chi connectivity index (χ0) is 9.42. The highest BCUT2D eigenvalue weighted by atomic mass is 16.6. The van der Waals surface area contributed by atoms with Crippen molar-refractivity contribution in [2.75, 3.05) is 0 Å². The number of hydrogen-bond acceptors (Lipinski definition) is 3. The second-order valence-electron chi connectivity index (χ2n) is 3.29. The van der Waals surface area contributed by atoms with Gasteiger partial charge < -0.3 is 5.73 Å². The van der Waals surface area contributed by atoms with E-state index in [0.29, 0.717) is 0 Å². The van der Waals surface area contributed by atoms with E-state index in [4.69, 9.17) is 5.73 Å². The van der Waals surface area contributed by atoms with Gasteiger partial charge in [-0.15, -0.1) is 0 Å². The van der Waals surface area contributed by atoms with E-state index in [2.05, 4.69) is 0 Å². The molecule has 0 saturated heterocycles. The third-order valence-corrected chi connectivity index (χ3v) is 2.46. The molecule has 1 aliphatic rings. The Labute approximate surface area is 75.5 Å². The van der Waals surface area contributed by atoms with Gasteiger partial charge in [0.25, 0.3) is 5.69 Å². The van der Waals surface area contributed by atoms with Crippen molar-refractivity contribution in [3.8, 4) is 0 Å². The van der Waals surface area contributed by atoms with Crippen LogP contribution in [0, 0.1) is 10.1 Å². The molecule has 0 amide bonds. The van der Waals surface area contributed by atoms with Crippen LogP contribution in [0.1, 0.15) is 23.6 Å². The topological polar surface area (TPSA) is 69.2 Å². The first-order valence-corrected chi connectivity index (χ1v) is 4.21. The van der Waals surface area contributed by atoms with E-state index in [9.17, 15) is 10.1 Å². The van der Waals surface area contributed by atoms with Crippen LogP contribution in [-0.4, -0.2) is 4.92 Å². The molecule has 0 radical (unpaired) electrons.